The Bertz CT molecular complexity index is 632. The SMILES string of the molecule is CC(C)OC(=O)[C@H](C[C@H]1O[C@@H]2OC(C)(C)O[C@@H]2[C@H]2OC(C)(C)O[C@H]21)N=[N+]=[N-]. The van der Waals surface area contributed by atoms with Crippen LogP contribution in [0.1, 0.15) is 48.0 Å². The van der Waals surface area contributed by atoms with Crippen molar-refractivity contribution in [3.05, 3.63) is 10.4 Å². The molecule has 10 nitrogen and oxygen atoms in total. The second-order valence-corrected chi connectivity index (χ2v) is 8.15. The molecule has 0 spiro atoms. The highest BCUT2D eigenvalue weighted by Gasteiger charge is 2.60. The van der Waals surface area contributed by atoms with Crippen molar-refractivity contribution >= 4 is 5.97 Å². The number of hydrogen-bond donors (Lipinski definition) is 0. The summed E-state index contributed by atoms with van der Waals surface area (Å²) >= 11 is 0. The van der Waals surface area contributed by atoms with Gasteiger partial charge in [0.05, 0.1) is 12.2 Å². The third-order valence-corrected chi connectivity index (χ3v) is 4.52. The van der Waals surface area contributed by atoms with Crippen molar-refractivity contribution in [3.8, 4) is 0 Å². The molecule has 0 N–H and O–H groups in total. The fraction of sp³-hybridized carbons (Fsp3) is 0.941. The summed E-state index contributed by atoms with van der Waals surface area (Å²) in [5.41, 5.74) is 8.85. The van der Waals surface area contributed by atoms with E-state index in [1.165, 1.54) is 0 Å². The molecule has 3 aliphatic rings. The highest BCUT2D eigenvalue weighted by Crippen LogP contribution is 2.45. The third kappa shape index (κ3) is 4.37. The van der Waals surface area contributed by atoms with Crippen LogP contribution in [0.4, 0.5) is 0 Å². The van der Waals surface area contributed by atoms with Crippen molar-refractivity contribution in [2.24, 2.45) is 5.11 Å². The van der Waals surface area contributed by atoms with E-state index in [1.54, 1.807) is 41.5 Å². The average Bonchev–Trinajstić information content (AvgIpc) is 3.00. The lowest BCUT2D eigenvalue weighted by molar-refractivity contribution is -0.236. The van der Waals surface area contributed by atoms with Crippen molar-refractivity contribution in [1.82, 2.24) is 0 Å². The summed E-state index contributed by atoms with van der Waals surface area (Å²) < 4.78 is 35.0. The second-order valence-electron chi connectivity index (χ2n) is 8.15. The molecule has 0 saturated carbocycles. The smallest absolute Gasteiger partial charge is 0.315 e. The van der Waals surface area contributed by atoms with Crippen LogP contribution in [-0.4, -0.2) is 60.4 Å². The molecule has 10 heteroatoms. The molecule has 3 saturated heterocycles. The van der Waals surface area contributed by atoms with Gasteiger partial charge in [0.1, 0.15) is 24.4 Å². The van der Waals surface area contributed by atoms with Crippen LogP contribution in [-0.2, 0) is 33.2 Å². The first kappa shape index (κ1) is 20.3. The molecule has 152 valence electrons. The van der Waals surface area contributed by atoms with Crippen molar-refractivity contribution in [1.29, 1.82) is 0 Å². The topological polar surface area (TPSA) is 121 Å². The van der Waals surface area contributed by atoms with Crippen molar-refractivity contribution in [2.75, 3.05) is 0 Å². The largest absolute Gasteiger partial charge is 0.463 e. The Morgan fingerprint density at radius 1 is 1.07 bits per heavy atom. The molecule has 0 amide bonds. The number of fused-ring (bicyclic) bond motifs is 3. The molecule has 27 heavy (non-hydrogen) atoms. The van der Waals surface area contributed by atoms with E-state index >= 15 is 0 Å². The van der Waals surface area contributed by atoms with E-state index in [9.17, 15) is 4.79 Å². The summed E-state index contributed by atoms with van der Waals surface area (Å²) in [5, 5.41) is 3.59. The Labute approximate surface area is 158 Å². The summed E-state index contributed by atoms with van der Waals surface area (Å²) in [5.74, 6) is -2.27. The summed E-state index contributed by atoms with van der Waals surface area (Å²) in [4.78, 5) is 15.1. The lowest BCUT2D eigenvalue weighted by Crippen LogP contribution is -2.55. The molecule has 6 atom stereocenters. The van der Waals surface area contributed by atoms with E-state index in [2.05, 4.69) is 10.0 Å². The van der Waals surface area contributed by atoms with Gasteiger partial charge >= 0.3 is 5.97 Å². The number of hydrogen-bond acceptors (Lipinski definition) is 8. The minimum atomic E-state index is -1.04. The van der Waals surface area contributed by atoms with Gasteiger partial charge in [-0.05, 0) is 53.5 Å². The second kappa shape index (κ2) is 7.20. The van der Waals surface area contributed by atoms with Gasteiger partial charge in [0.25, 0.3) is 0 Å². The minimum Gasteiger partial charge on any atom is -0.463 e. The molecular formula is C17H27N3O7. The maximum absolute atomic E-state index is 12.3. The number of carbonyl (C=O) groups excluding carboxylic acids is 1. The van der Waals surface area contributed by atoms with Crippen LogP contribution in [0.2, 0.25) is 0 Å². The summed E-state index contributed by atoms with van der Waals surface area (Å²) in [6.45, 7) is 10.6. The zero-order chi connectivity index (χ0) is 20.0. The van der Waals surface area contributed by atoms with Gasteiger partial charge in [0.15, 0.2) is 17.9 Å². The van der Waals surface area contributed by atoms with Crippen LogP contribution in [0.25, 0.3) is 10.4 Å². The predicted octanol–water partition coefficient (Wildman–Crippen LogP) is 2.40. The van der Waals surface area contributed by atoms with E-state index < -0.39 is 54.3 Å². The maximum Gasteiger partial charge on any atom is 0.315 e. The normalized spacial score (nSPS) is 37.2. The fourth-order valence-electron chi connectivity index (χ4n) is 3.67. The highest BCUT2D eigenvalue weighted by atomic mass is 16.9. The summed E-state index contributed by atoms with van der Waals surface area (Å²) in [6, 6.07) is -1.04. The average molecular weight is 385 g/mol. The van der Waals surface area contributed by atoms with Crippen LogP contribution in [0.5, 0.6) is 0 Å². The zero-order valence-electron chi connectivity index (χ0n) is 16.4. The standard InChI is InChI=1S/C17H27N3O7/c1-8(2)22-14(21)9(19-20-18)7-10-11-12(25-16(3,4)24-11)13-15(23-10)27-17(5,6)26-13/h8-13,15H,7H2,1-6H3/t9-,10+,11-,12-,13+,15+/m0/s1. The molecule has 0 unspecified atom stereocenters. The summed E-state index contributed by atoms with van der Waals surface area (Å²) in [7, 11) is 0. The van der Waals surface area contributed by atoms with E-state index in [1.807, 2.05) is 0 Å². The predicted molar refractivity (Wildman–Crippen MR) is 91.3 cm³/mol. The minimum absolute atomic E-state index is 0.0865. The lowest BCUT2D eigenvalue weighted by Gasteiger charge is -2.38. The highest BCUT2D eigenvalue weighted by molar-refractivity contribution is 5.76. The number of rotatable bonds is 5. The van der Waals surface area contributed by atoms with Crippen LogP contribution in [0.15, 0.2) is 5.11 Å². The first-order valence-electron chi connectivity index (χ1n) is 9.13. The van der Waals surface area contributed by atoms with Gasteiger partial charge in [0, 0.05) is 4.91 Å². The number of esters is 1. The molecule has 0 aromatic rings. The van der Waals surface area contributed by atoms with Gasteiger partial charge in [-0.25, -0.2) is 0 Å². The van der Waals surface area contributed by atoms with Gasteiger partial charge in [0.2, 0.25) is 0 Å². The van der Waals surface area contributed by atoms with Crippen LogP contribution in [0.3, 0.4) is 0 Å². The number of ether oxygens (including phenoxy) is 6. The third-order valence-electron chi connectivity index (χ3n) is 4.52. The quantitative estimate of drug-likeness (QED) is 0.308. The number of azide groups is 1. The Kier molecular flexibility index (Phi) is 5.42. The van der Waals surface area contributed by atoms with E-state index in [0.29, 0.717) is 0 Å². The van der Waals surface area contributed by atoms with Crippen LogP contribution < -0.4 is 0 Å². The van der Waals surface area contributed by atoms with E-state index in [4.69, 9.17) is 34.0 Å². The van der Waals surface area contributed by atoms with Gasteiger partial charge in [-0.3, -0.25) is 4.79 Å². The molecule has 0 aromatic heterocycles. The van der Waals surface area contributed by atoms with Gasteiger partial charge < -0.3 is 28.4 Å². The molecule has 3 rings (SSSR count). The molecule has 0 radical (unpaired) electrons. The molecule has 3 heterocycles. The van der Waals surface area contributed by atoms with Gasteiger partial charge in [-0.15, -0.1) is 0 Å². The summed E-state index contributed by atoms with van der Waals surface area (Å²) in [6.07, 6.45) is -2.88. The fourth-order valence-corrected chi connectivity index (χ4v) is 3.67. The monoisotopic (exact) mass is 385 g/mol. The van der Waals surface area contributed by atoms with E-state index in [-0.39, 0.29) is 12.5 Å². The molecule has 3 aliphatic heterocycles. The Hall–Kier alpha value is -1.42. The van der Waals surface area contributed by atoms with E-state index in [0.717, 1.165) is 0 Å². The maximum atomic E-state index is 12.3. The first-order chi connectivity index (χ1) is 12.5. The first-order valence-corrected chi connectivity index (χ1v) is 9.13. The number of nitrogens with zero attached hydrogens (tertiary/aromatic N) is 3. The van der Waals surface area contributed by atoms with Crippen LogP contribution in [0, 0.1) is 0 Å². The van der Waals surface area contributed by atoms with Crippen molar-refractivity contribution in [3.63, 3.8) is 0 Å². The van der Waals surface area contributed by atoms with Crippen molar-refractivity contribution < 1.29 is 33.2 Å². The zero-order valence-corrected chi connectivity index (χ0v) is 16.4. The van der Waals surface area contributed by atoms with Gasteiger partial charge in [-0.2, -0.15) is 0 Å². The van der Waals surface area contributed by atoms with Crippen LogP contribution >= 0.6 is 0 Å². The Morgan fingerprint density at radius 2 is 1.67 bits per heavy atom. The Morgan fingerprint density at radius 3 is 2.30 bits per heavy atom. The molecule has 0 aliphatic carbocycles. The lowest BCUT2D eigenvalue weighted by atomic mass is 9.94. The number of carbonyl (C=O) groups is 1. The Balaban J connectivity index is 1.81. The van der Waals surface area contributed by atoms with Crippen molar-refractivity contribution in [2.45, 2.75) is 102 Å². The molecule has 0 aromatic carbocycles. The molecule has 0 bridgehead atoms. The molecule has 3 fully saturated rings. The molecular weight excluding hydrogens is 358 g/mol. The van der Waals surface area contributed by atoms with Gasteiger partial charge in [-0.1, -0.05) is 5.11 Å².